The van der Waals surface area contributed by atoms with Crippen LogP contribution in [0.1, 0.15) is 103 Å². The molecule has 0 heteroatoms. The fraction of sp³-hybridized carbons (Fsp3) is 0.760. The maximum absolute atomic E-state index is 4.63. The van der Waals surface area contributed by atoms with Crippen LogP contribution in [-0.2, 0) is 0 Å². The van der Waals surface area contributed by atoms with Crippen LogP contribution in [-0.4, -0.2) is 0 Å². The molecule has 0 bridgehead atoms. The Morgan fingerprint density at radius 3 is 1.64 bits per heavy atom. The second kappa shape index (κ2) is 8.28. The van der Waals surface area contributed by atoms with E-state index in [-0.39, 0.29) is 0 Å². The maximum atomic E-state index is 4.63. The Hall–Kier alpha value is -0.780. The number of rotatable bonds is 3. The summed E-state index contributed by atoms with van der Waals surface area (Å²) in [6.45, 7) is 4.63. The molecule has 0 aromatic carbocycles. The van der Waals surface area contributed by atoms with Crippen molar-refractivity contribution in [3.05, 3.63) is 34.9 Å². The first-order valence-corrected chi connectivity index (χ1v) is 11.5. The minimum absolute atomic E-state index is 0.835. The van der Waals surface area contributed by atoms with E-state index in [1.165, 1.54) is 108 Å². The molecule has 138 valence electrons. The average Bonchev–Trinajstić information content (AvgIpc) is 2.69. The zero-order valence-corrected chi connectivity index (χ0v) is 16.3. The highest BCUT2D eigenvalue weighted by molar-refractivity contribution is 5.50. The summed E-state index contributed by atoms with van der Waals surface area (Å²) in [5.74, 6) is 2.59. The van der Waals surface area contributed by atoms with Gasteiger partial charge in [-0.25, -0.2) is 0 Å². The minimum atomic E-state index is 0.835. The molecule has 4 aliphatic rings. The van der Waals surface area contributed by atoms with Gasteiger partial charge in [-0.1, -0.05) is 81.6 Å². The normalized spacial score (nSPS) is 28.3. The predicted molar refractivity (Wildman–Crippen MR) is 109 cm³/mol. The lowest BCUT2D eigenvalue weighted by atomic mass is 9.67. The molecule has 0 heterocycles. The third-order valence-electron chi connectivity index (χ3n) is 7.69. The lowest BCUT2D eigenvalue weighted by Gasteiger charge is -2.38. The fourth-order valence-electron chi connectivity index (χ4n) is 6.34. The van der Waals surface area contributed by atoms with Gasteiger partial charge in [0.15, 0.2) is 0 Å². The summed E-state index contributed by atoms with van der Waals surface area (Å²) in [6, 6.07) is 0. The number of hydrogen-bond acceptors (Lipinski definition) is 0. The largest absolute Gasteiger partial charge is 0.0915 e. The molecule has 3 fully saturated rings. The zero-order chi connectivity index (χ0) is 17.1. The predicted octanol–water partition coefficient (Wildman–Crippen LogP) is 7.91. The van der Waals surface area contributed by atoms with Crippen molar-refractivity contribution >= 4 is 0 Å². The Morgan fingerprint density at radius 1 is 0.600 bits per heavy atom. The summed E-state index contributed by atoms with van der Waals surface area (Å²) in [6.07, 6.45) is 25.6. The van der Waals surface area contributed by atoms with Crippen molar-refractivity contribution in [3.63, 3.8) is 0 Å². The van der Waals surface area contributed by atoms with Gasteiger partial charge in [0, 0.05) is 0 Å². The van der Waals surface area contributed by atoms with Crippen molar-refractivity contribution in [3.8, 4) is 0 Å². The molecule has 0 nitrogen and oxygen atoms in total. The van der Waals surface area contributed by atoms with Crippen LogP contribution in [0.3, 0.4) is 0 Å². The van der Waals surface area contributed by atoms with Gasteiger partial charge < -0.3 is 0 Å². The number of allylic oxidation sites excluding steroid dienone is 5. The van der Waals surface area contributed by atoms with Crippen molar-refractivity contribution in [1.29, 1.82) is 0 Å². The molecule has 0 amide bonds. The van der Waals surface area contributed by atoms with Gasteiger partial charge in [0.25, 0.3) is 0 Å². The third kappa shape index (κ3) is 3.99. The van der Waals surface area contributed by atoms with E-state index in [1.807, 2.05) is 5.57 Å². The summed E-state index contributed by atoms with van der Waals surface area (Å²) in [5.41, 5.74) is 6.83. The van der Waals surface area contributed by atoms with E-state index in [1.54, 1.807) is 11.1 Å². The first kappa shape index (κ1) is 17.6. The fourth-order valence-corrected chi connectivity index (χ4v) is 6.34. The van der Waals surface area contributed by atoms with Crippen LogP contribution in [0.5, 0.6) is 0 Å². The molecule has 0 N–H and O–H groups in total. The Bertz CT molecular complexity index is 528. The molecule has 0 aromatic heterocycles. The molecule has 0 saturated heterocycles. The van der Waals surface area contributed by atoms with Crippen molar-refractivity contribution in [1.82, 2.24) is 0 Å². The van der Waals surface area contributed by atoms with Gasteiger partial charge in [-0.15, -0.1) is 0 Å². The van der Waals surface area contributed by atoms with E-state index in [2.05, 4.69) is 12.7 Å². The standard InChI is InChI=1S/C25H38/c1-19-17-23(20-11-5-2-6-12-20)18-24(21-13-7-3-8-14-21)25(19)22-15-9-4-10-16-22/h17,20-22H,1-16,18H2. The lowest BCUT2D eigenvalue weighted by Crippen LogP contribution is -2.22. The van der Waals surface area contributed by atoms with Gasteiger partial charge in [-0.05, 0) is 73.8 Å². The van der Waals surface area contributed by atoms with E-state index in [0.29, 0.717) is 0 Å². The van der Waals surface area contributed by atoms with Gasteiger partial charge >= 0.3 is 0 Å². The molecule has 25 heavy (non-hydrogen) atoms. The smallest absolute Gasteiger partial charge is 0.00934 e. The quantitative estimate of drug-likeness (QED) is 0.490. The van der Waals surface area contributed by atoms with Crippen LogP contribution in [0.25, 0.3) is 0 Å². The Kier molecular flexibility index (Phi) is 5.83. The van der Waals surface area contributed by atoms with Crippen molar-refractivity contribution in [2.75, 3.05) is 0 Å². The summed E-state index contributed by atoms with van der Waals surface area (Å²) in [4.78, 5) is 0. The molecule has 0 aliphatic heterocycles. The van der Waals surface area contributed by atoms with Crippen LogP contribution in [0.2, 0.25) is 0 Å². The summed E-state index contributed by atoms with van der Waals surface area (Å²) in [5, 5.41) is 0. The molecule has 0 spiro atoms. The van der Waals surface area contributed by atoms with Gasteiger partial charge in [0.05, 0.1) is 0 Å². The Labute approximate surface area is 155 Å². The molecule has 0 radical (unpaired) electrons. The van der Waals surface area contributed by atoms with E-state index >= 15 is 0 Å². The summed E-state index contributed by atoms with van der Waals surface area (Å²) >= 11 is 0. The highest BCUT2D eigenvalue weighted by Gasteiger charge is 2.32. The lowest BCUT2D eigenvalue weighted by molar-refractivity contribution is 0.360. The molecular formula is C25H38. The van der Waals surface area contributed by atoms with Crippen LogP contribution < -0.4 is 0 Å². The first-order chi connectivity index (χ1) is 12.3. The van der Waals surface area contributed by atoms with Crippen LogP contribution >= 0.6 is 0 Å². The van der Waals surface area contributed by atoms with Gasteiger partial charge in [-0.2, -0.15) is 0 Å². The summed E-state index contributed by atoms with van der Waals surface area (Å²) < 4.78 is 0. The molecule has 4 rings (SSSR count). The SMILES string of the molecule is C=C1C=C(C2CCCCC2)CC(C2CCCCC2)=C1C1CCCCC1. The molecular weight excluding hydrogens is 300 g/mol. The topological polar surface area (TPSA) is 0 Å². The summed E-state index contributed by atoms with van der Waals surface area (Å²) in [7, 11) is 0. The monoisotopic (exact) mass is 338 g/mol. The highest BCUT2D eigenvalue weighted by atomic mass is 14.4. The second-order valence-corrected chi connectivity index (χ2v) is 9.36. The molecule has 0 aromatic rings. The van der Waals surface area contributed by atoms with E-state index in [0.717, 1.165) is 17.8 Å². The van der Waals surface area contributed by atoms with Crippen molar-refractivity contribution in [2.24, 2.45) is 17.8 Å². The molecule has 4 aliphatic carbocycles. The first-order valence-electron chi connectivity index (χ1n) is 11.5. The van der Waals surface area contributed by atoms with Crippen LogP contribution in [0, 0.1) is 17.8 Å². The Morgan fingerprint density at radius 2 is 1.08 bits per heavy atom. The highest BCUT2D eigenvalue weighted by Crippen LogP contribution is 2.47. The van der Waals surface area contributed by atoms with E-state index in [9.17, 15) is 0 Å². The van der Waals surface area contributed by atoms with E-state index in [4.69, 9.17) is 0 Å². The third-order valence-corrected chi connectivity index (χ3v) is 7.69. The molecule has 0 atom stereocenters. The Balaban J connectivity index is 1.61. The zero-order valence-electron chi connectivity index (χ0n) is 16.3. The van der Waals surface area contributed by atoms with Gasteiger partial charge in [-0.3, -0.25) is 0 Å². The van der Waals surface area contributed by atoms with Crippen LogP contribution in [0.4, 0.5) is 0 Å². The van der Waals surface area contributed by atoms with Crippen molar-refractivity contribution in [2.45, 2.75) is 103 Å². The minimum Gasteiger partial charge on any atom is -0.0915 e. The molecule has 3 saturated carbocycles. The second-order valence-electron chi connectivity index (χ2n) is 9.36. The van der Waals surface area contributed by atoms with Gasteiger partial charge in [0.2, 0.25) is 0 Å². The number of hydrogen-bond donors (Lipinski definition) is 0. The van der Waals surface area contributed by atoms with Crippen molar-refractivity contribution < 1.29 is 0 Å². The van der Waals surface area contributed by atoms with E-state index < -0.39 is 0 Å². The van der Waals surface area contributed by atoms with Gasteiger partial charge in [0.1, 0.15) is 0 Å². The van der Waals surface area contributed by atoms with Crippen LogP contribution in [0.15, 0.2) is 34.9 Å². The maximum Gasteiger partial charge on any atom is -0.00934 e. The average molecular weight is 339 g/mol. The molecule has 0 unspecified atom stereocenters.